The standard InChI is InChI=1S/C36H34F2N2O5/c1-43-30-12-5-11-28(23-30)33-36(19-6-10-25-8-3-2-4-9-25,35(42)39-24-26-13-18-31(37)32(38)22-26)40-34(45-33)27-14-16-29(17-15-27)44-21-7-20-41/h2-6,8-18,22-23,33,41H,7,19-21,24H2,1H3,(H,39,42)/b10-6+/t33-,36-/m1/s1. The summed E-state index contributed by atoms with van der Waals surface area (Å²) in [5.41, 5.74) is 1.19. The number of aliphatic hydroxyl groups excluding tert-OH is 1. The first-order valence-corrected chi connectivity index (χ1v) is 14.6. The highest BCUT2D eigenvalue weighted by molar-refractivity contribution is 6.01. The van der Waals surface area contributed by atoms with Gasteiger partial charge in [0.1, 0.15) is 11.5 Å². The Kier molecular flexibility index (Phi) is 10.2. The van der Waals surface area contributed by atoms with E-state index in [1.165, 1.54) is 6.07 Å². The molecule has 0 saturated heterocycles. The fourth-order valence-electron chi connectivity index (χ4n) is 5.04. The minimum absolute atomic E-state index is 0.0351. The molecular formula is C36H34F2N2O5. The molecule has 0 aliphatic carbocycles. The Morgan fingerprint density at radius 3 is 2.51 bits per heavy atom. The third-order valence-electron chi connectivity index (χ3n) is 7.40. The van der Waals surface area contributed by atoms with Crippen molar-refractivity contribution in [1.29, 1.82) is 0 Å². The third-order valence-corrected chi connectivity index (χ3v) is 7.40. The number of aliphatic imine (C=N–C) groups is 1. The lowest BCUT2D eigenvalue weighted by Gasteiger charge is -2.30. The van der Waals surface area contributed by atoms with E-state index in [9.17, 15) is 13.6 Å². The minimum Gasteiger partial charge on any atom is -0.497 e. The van der Waals surface area contributed by atoms with Gasteiger partial charge in [0.25, 0.3) is 5.91 Å². The molecule has 2 atom stereocenters. The van der Waals surface area contributed by atoms with Gasteiger partial charge >= 0.3 is 0 Å². The van der Waals surface area contributed by atoms with Crippen LogP contribution in [-0.2, 0) is 16.1 Å². The van der Waals surface area contributed by atoms with Gasteiger partial charge in [-0.3, -0.25) is 4.79 Å². The fraction of sp³-hybridized carbons (Fsp3) is 0.222. The van der Waals surface area contributed by atoms with Crippen LogP contribution in [0.3, 0.4) is 0 Å². The zero-order valence-corrected chi connectivity index (χ0v) is 24.8. The number of amides is 1. The Morgan fingerprint density at radius 1 is 0.978 bits per heavy atom. The summed E-state index contributed by atoms with van der Waals surface area (Å²) >= 11 is 0. The predicted octanol–water partition coefficient (Wildman–Crippen LogP) is 6.41. The number of benzene rings is 4. The predicted molar refractivity (Wildman–Crippen MR) is 168 cm³/mol. The van der Waals surface area contributed by atoms with E-state index >= 15 is 0 Å². The number of hydrogen-bond donors (Lipinski definition) is 2. The Bertz CT molecular complexity index is 1660. The van der Waals surface area contributed by atoms with E-state index in [0.29, 0.717) is 41.2 Å². The number of aliphatic hydroxyl groups is 1. The second kappa shape index (κ2) is 14.6. The molecule has 0 spiro atoms. The lowest BCUT2D eigenvalue weighted by atomic mass is 9.84. The van der Waals surface area contributed by atoms with Crippen molar-refractivity contribution in [3.05, 3.63) is 137 Å². The van der Waals surface area contributed by atoms with Crippen molar-refractivity contribution in [2.75, 3.05) is 20.3 Å². The van der Waals surface area contributed by atoms with Crippen molar-refractivity contribution in [2.24, 2.45) is 4.99 Å². The molecule has 1 aliphatic heterocycles. The van der Waals surface area contributed by atoms with Gasteiger partial charge in [-0.1, -0.05) is 60.7 Å². The summed E-state index contributed by atoms with van der Waals surface area (Å²) in [6.45, 7) is 0.364. The smallest absolute Gasteiger partial charge is 0.252 e. The van der Waals surface area contributed by atoms with E-state index in [-0.39, 0.29) is 25.5 Å². The van der Waals surface area contributed by atoms with E-state index < -0.39 is 29.2 Å². The van der Waals surface area contributed by atoms with Crippen molar-refractivity contribution in [1.82, 2.24) is 5.32 Å². The maximum Gasteiger partial charge on any atom is 0.252 e. The third kappa shape index (κ3) is 7.56. The molecule has 1 heterocycles. The van der Waals surface area contributed by atoms with Crippen LogP contribution in [-0.4, -0.2) is 42.8 Å². The van der Waals surface area contributed by atoms with Crippen LogP contribution in [0, 0.1) is 11.6 Å². The molecule has 0 aromatic heterocycles. The van der Waals surface area contributed by atoms with Crippen molar-refractivity contribution in [2.45, 2.75) is 31.0 Å². The highest BCUT2D eigenvalue weighted by Crippen LogP contribution is 2.43. The number of nitrogens with one attached hydrogen (secondary N) is 1. The molecule has 1 amide bonds. The van der Waals surface area contributed by atoms with Crippen molar-refractivity contribution < 1.29 is 32.9 Å². The molecule has 5 rings (SSSR count). The SMILES string of the molecule is COc1cccc([C@H]2OC(c3ccc(OCCCO)cc3)=N[C@@]2(C/C=C/c2ccccc2)C(=O)NCc2ccc(F)c(F)c2)c1. The molecule has 4 aromatic carbocycles. The maximum atomic E-state index is 14.3. The normalized spacial score (nSPS) is 17.5. The van der Waals surface area contributed by atoms with Gasteiger partial charge < -0.3 is 24.6 Å². The molecule has 0 unspecified atom stereocenters. The quantitative estimate of drug-likeness (QED) is 0.170. The molecule has 0 saturated carbocycles. The first kappa shape index (κ1) is 31.4. The van der Waals surface area contributed by atoms with E-state index in [4.69, 9.17) is 24.3 Å². The van der Waals surface area contributed by atoms with Crippen LogP contribution < -0.4 is 14.8 Å². The number of methoxy groups -OCH3 is 1. The van der Waals surface area contributed by atoms with E-state index in [1.54, 1.807) is 43.5 Å². The summed E-state index contributed by atoms with van der Waals surface area (Å²) in [7, 11) is 1.56. The lowest BCUT2D eigenvalue weighted by molar-refractivity contribution is -0.129. The molecule has 1 aliphatic rings. The number of nitrogens with zero attached hydrogens (tertiary/aromatic N) is 1. The zero-order chi connectivity index (χ0) is 31.6. The van der Waals surface area contributed by atoms with Crippen molar-refractivity contribution in [3.63, 3.8) is 0 Å². The molecule has 0 radical (unpaired) electrons. The van der Waals surface area contributed by atoms with E-state index in [2.05, 4.69) is 5.32 Å². The molecule has 0 bridgehead atoms. The van der Waals surface area contributed by atoms with E-state index in [0.717, 1.165) is 17.7 Å². The van der Waals surface area contributed by atoms with Crippen LogP contribution in [0.15, 0.2) is 108 Å². The molecular weight excluding hydrogens is 578 g/mol. The topological polar surface area (TPSA) is 89.4 Å². The molecule has 7 nitrogen and oxygen atoms in total. The number of rotatable bonds is 13. The largest absolute Gasteiger partial charge is 0.497 e. The number of carbonyl (C=O) groups excluding carboxylic acids is 1. The summed E-state index contributed by atoms with van der Waals surface area (Å²) in [6.07, 6.45) is 3.62. The molecule has 45 heavy (non-hydrogen) atoms. The van der Waals surface area contributed by atoms with Crippen molar-refractivity contribution in [3.8, 4) is 11.5 Å². The lowest BCUT2D eigenvalue weighted by Crippen LogP contribution is -2.47. The highest BCUT2D eigenvalue weighted by Gasteiger charge is 2.52. The number of carbonyl (C=O) groups is 1. The zero-order valence-electron chi connectivity index (χ0n) is 24.8. The summed E-state index contributed by atoms with van der Waals surface area (Å²) in [5.74, 6) is -0.933. The monoisotopic (exact) mass is 612 g/mol. The average Bonchev–Trinajstić information content (AvgIpc) is 3.47. The summed E-state index contributed by atoms with van der Waals surface area (Å²) < 4.78 is 45.2. The highest BCUT2D eigenvalue weighted by atomic mass is 19.2. The number of hydrogen-bond acceptors (Lipinski definition) is 6. The van der Waals surface area contributed by atoms with Crippen LogP contribution in [0.2, 0.25) is 0 Å². The summed E-state index contributed by atoms with van der Waals surface area (Å²) in [5, 5.41) is 11.9. The Hall–Kier alpha value is -5.02. The van der Waals surface area contributed by atoms with Crippen LogP contribution >= 0.6 is 0 Å². The van der Waals surface area contributed by atoms with E-state index in [1.807, 2.05) is 54.6 Å². The van der Waals surface area contributed by atoms with Crippen LogP contribution in [0.25, 0.3) is 6.08 Å². The number of ether oxygens (including phenoxy) is 3. The van der Waals surface area contributed by atoms with Gasteiger partial charge in [-0.05, 0) is 65.2 Å². The first-order valence-electron chi connectivity index (χ1n) is 14.6. The average molecular weight is 613 g/mol. The van der Waals surface area contributed by atoms with Crippen LogP contribution in [0.4, 0.5) is 8.78 Å². The first-order chi connectivity index (χ1) is 21.9. The molecule has 4 aromatic rings. The van der Waals surface area contributed by atoms with Gasteiger partial charge in [0, 0.05) is 31.6 Å². The summed E-state index contributed by atoms with van der Waals surface area (Å²) in [6, 6.07) is 27.6. The van der Waals surface area contributed by atoms with Gasteiger partial charge in [0.15, 0.2) is 23.3 Å². The molecule has 0 fully saturated rings. The Labute approximate surface area is 260 Å². The van der Waals surface area contributed by atoms with Crippen molar-refractivity contribution >= 4 is 17.9 Å². The Morgan fingerprint density at radius 2 is 1.78 bits per heavy atom. The maximum absolute atomic E-state index is 14.3. The van der Waals surface area contributed by atoms with Gasteiger partial charge in [0.2, 0.25) is 5.90 Å². The second-order valence-electron chi connectivity index (χ2n) is 10.5. The molecule has 232 valence electrons. The van der Waals surface area contributed by atoms with Gasteiger partial charge in [0.05, 0.1) is 13.7 Å². The molecule has 2 N–H and O–H groups in total. The second-order valence-corrected chi connectivity index (χ2v) is 10.5. The summed E-state index contributed by atoms with van der Waals surface area (Å²) in [4.78, 5) is 19.2. The number of halogens is 2. The van der Waals surface area contributed by atoms with Crippen LogP contribution in [0.5, 0.6) is 11.5 Å². The van der Waals surface area contributed by atoms with Gasteiger partial charge in [-0.25, -0.2) is 13.8 Å². The minimum atomic E-state index is -1.47. The fourth-order valence-corrected chi connectivity index (χ4v) is 5.04. The Balaban J connectivity index is 1.54. The van der Waals surface area contributed by atoms with Gasteiger partial charge in [-0.2, -0.15) is 0 Å². The van der Waals surface area contributed by atoms with Crippen LogP contribution in [0.1, 0.15) is 41.2 Å². The molecule has 9 heteroatoms. The van der Waals surface area contributed by atoms with Gasteiger partial charge in [-0.15, -0.1) is 0 Å².